The van der Waals surface area contributed by atoms with Gasteiger partial charge in [0.1, 0.15) is 0 Å². The normalized spacial score (nSPS) is 17.3. The molecule has 0 aromatic heterocycles. The van der Waals surface area contributed by atoms with Crippen molar-refractivity contribution in [2.24, 2.45) is 5.92 Å². The number of thioether (sulfide) groups is 1. The number of ether oxygens (including phenoxy) is 2. The average molecular weight is 489 g/mol. The van der Waals surface area contributed by atoms with E-state index in [1.165, 1.54) is 16.4 Å². The first-order valence-corrected chi connectivity index (χ1v) is 11.9. The topological polar surface area (TPSA) is 84.9 Å². The summed E-state index contributed by atoms with van der Waals surface area (Å²) in [6, 6.07) is 9.68. The Morgan fingerprint density at radius 2 is 1.69 bits per heavy atom. The molecule has 2 aliphatic rings. The number of hydrogen-bond acceptors (Lipinski definition) is 6. The largest absolute Gasteiger partial charge is 0.454 e. The number of halogens is 3. The Labute approximate surface area is 186 Å². The van der Waals surface area contributed by atoms with Crippen LogP contribution in [0.25, 0.3) is 0 Å². The van der Waals surface area contributed by atoms with Gasteiger partial charge in [-0.1, -0.05) is 0 Å². The molecule has 0 atom stereocenters. The second-order valence-corrected chi connectivity index (χ2v) is 10.3. The lowest BCUT2D eigenvalue weighted by atomic mass is 9.97. The number of rotatable bonds is 5. The lowest BCUT2D eigenvalue weighted by molar-refractivity contribution is -0.120. The number of fused-ring (bicyclic) bond motifs is 1. The maximum absolute atomic E-state index is 12.8. The predicted octanol–water partition coefficient (Wildman–Crippen LogP) is 4.07. The van der Waals surface area contributed by atoms with Crippen LogP contribution < -0.4 is 14.8 Å². The summed E-state index contributed by atoms with van der Waals surface area (Å²) in [7, 11) is -3.86. The zero-order valence-corrected chi connectivity index (χ0v) is 18.2. The summed E-state index contributed by atoms with van der Waals surface area (Å²) in [4.78, 5) is 12.4. The molecule has 2 aromatic rings. The molecule has 2 heterocycles. The number of nitrogens with one attached hydrogen (secondary N) is 1. The van der Waals surface area contributed by atoms with Crippen LogP contribution >= 0.6 is 11.8 Å². The minimum atomic E-state index is -4.44. The molecule has 172 valence electrons. The Morgan fingerprint density at radius 3 is 2.34 bits per heavy atom. The van der Waals surface area contributed by atoms with E-state index in [9.17, 15) is 26.4 Å². The quantitative estimate of drug-likeness (QED) is 0.639. The van der Waals surface area contributed by atoms with Gasteiger partial charge in [-0.05, 0) is 61.0 Å². The van der Waals surface area contributed by atoms with Gasteiger partial charge in [-0.25, -0.2) is 8.42 Å². The number of carbonyl (C=O) groups excluding carboxylic acids is 1. The predicted molar refractivity (Wildman–Crippen MR) is 111 cm³/mol. The number of alkyl halides is 3. The van der Waals surface area contributed by atoms with Gasteiger partial charge in [0.25, 0.3) is 0 Å². The van der Waals surface area contributed by atoms with Gasteiger partial charge < -0.3 is 14.8 Å². The van der Waals surface area contributed by atoms with Crippen LogP contribution in [0.3, 0.4) is 0 Å². The highest BCUT2D eigenvalue weighted by Crippen LogP contribution is 2.37. The standard InChI is InChI=1S/C20H19F3N2O5S2/c21-20(22,23)31-15-2-4-16(5-3-15)32(27,28)25-9-7-13(8-10-25)19(26)24-14-1-6-17-18(11-14)30-12-29-17/h1-6,11,13H,7-10,12H2,(H,24,26). The zero-order valence-electron chi connectivity index (χ0n) is 16.6. The first-order valence-electron chi connectivity index (χ1n) is 9.68. The summed E-state index contributed by atoms with van der Waals surface area (Å²) in [6.07, 6.45) is 0.662. The van der Waals surface area contributed by atoms with E-state index in [1.54, 1.807) is 18.2 Å². The first-order chi connectivity index (χ1) is 15.1. The first kappa shape index (κ1) is 22.7. The Hall–Kier alpha value is -2.44. The summed E-state index contributed by atoms with van der Waals surface area (Å²) in [5.74, 6) is 0.571. The molecule has 0 bridgehead atoms. The van der Waals surface area contributed by atoms with Crippen LogP contribution in [0.4, 0.5) is 18.9 Å². The molecular weight excluding hydrogens is 469 g/mol. The van der Waals surface area contributed by atoms with Gasteiger partial charge in [0.15, 0.2) is 11.5 Å². The fourth-order valence-corrected chi connectivity index (χ4v) is 5.55. The minimum Gasteiger partial charge on any atom is -0.454 e. The molecule has 2 aromatic carbocycles. The Kier molecular flexibility index (Phi) is 6.28. The molecule has 2 aliphatic heterocycles. The molecule has 4 rings (SSSR count). The summed E-state index contributed by atoms with van der Waals surface area (Å²) in [5.41, 5.74) is -3.88. The van der Waals surface area contributed by atoms with Gasteiger partial charge >= 0.3 is 5.51 Å². The number of nitrogens with zero attached hydrogens (tertiary/aromatic N) is 1. The fourth-order valence-electron chi connectivity index (χ4n) is 3.54. The van der Waals surface area contributed by atoms with Crippen molar-refractivity contribution in [1.82, 2.24) is 4.31 Å². The number of amides is 1. The summed E-state index contributed by atoms with van der Waals surface area (Å²) in [5, 5.41) is 2.81. The fraction of sp³-hybridized carbons (Fsp3) is 0.350. The number of hydrogen-bond donors (Lipinski definition) is 1. The number of piperidine rings is 1. The lowest BCUT2D eigenvalue weighted by Crippen LogP contribution is -2.41. The van der Waals surface area contributed by atoms with Crippen molar-refractivity contribution >= 4 is 33.4 Å². The third-order valence-corrected chi connectivity index (χ3v) is 7.81. The number of carbonyl (C=O) groups is 1. The summed E-state index contributed by atoms with van der Waals surface area (Å²) in [6.45, 7) is 0.408. The molecule has 7 nitrogen and oxygen atoms in total. The molecular formula is C20H19F3N2O5S2. The van der Waals surface area contributed by atoms with Gasteiger partial charge in [0.05, 0.1) is 4.90 Å². The number of benzene rings is 2. The van der Waals surface area contributed by atoms with E-state index in [-0.39, 0.29) is 53.3 Å². The van der Waals surface area contributed by atoms with Crippen molar-refractivity contribution in [1.29, 1.82) is 0 Å². The highest BCUT2D eigenvalue weighted by atomic mass is 32.2. The van der Waals surface area contributed by atoms with E-state index in [0.29, 0.717) is 30.0 Å². The van der Waals surface area contributed by atoms with Crippen molar-refractivity contribution in [3.63, 3.8) is 0 Å². The second kappa shape index (κ2) is 8.83. The Morgan fingerprint density at radius 1 is 1.03 bits per heavy atom. The van der Waals surface area contributed by atoms with Crippen LogP contribution in [0.2, 0.25) is 0 Å². The van der Waals surface area contributed by atoms with Crippen LogP contribution in [0, 0.1) is 5.92 Å². The van der Waals surface area contributed by atoms with E-state index >= 15 is 0 Å². The summed E-state index contributed by atoms with van der Waals surface area (Å²) >= 11 is -0.301. The lowest BCUT2D eigenvalue weighted by Gasteiger charge is -2.30. The van der Waals surface area contributed by atoms with Crippen molar-refractivity contribution in [3.8, 4) is 11.5 Å². The van der Waals surface area contributed by atoms with Crippen LogP contribution in [-0.4, -0.2) is 44.0 Å². The van der Waals surface area contributed by atoms with E-state index in [2.05, 4.69) is 5.32 Å². The second-order valence-electron chi connectivity index (χ2n) is 7.25. The number of anilines is 1. The molecule has 1 N–H and O–H groups in total. The van der Waals surface area contributed by atoms with Crippen LogP contribution in [0.5, 0.6) is 11.5 Å². The average Bonchev–Trinajstić information content (AvgIpc) is 3.21. The molecule has 0 saturated carbocycles. The molecule has 12 heteroatoms. The molecule has 0 unspecified atom stereocenters. The van der Waals surface area contributed by atoms with Crippen LogP contribution in [-0.2, 0) is 14.8 Å². The van der Waals surface area contributed by atoms with Crippen LogP contribution in [0.1, 0.15) is 12.8 Å². The monoisotopic (exact) mass is 488 g/mol. The van der Waals surface area contributed by atoms with Crippen molar-refractivity contribution in [2.75, 3.05) is 25.2 Å². The molecule has 0 aliphatic carbocycles. The van der Waals surface area contributed by atoms with Crippen molar-refractivity contribution in [3.05, 3.63) is 42.5 Å². The van der Waals surface area contributed by atoms with E-state index < -0.39 is 15.5 Å². The van der Waals surface area contributed by atoms with Crippen molar-refractivity contribution < 1.29 is 35.9 Å². The van der Waals surface area contributed by atoms with Gasteiger partial charge in [-0.15, -0.1) is 0 Å². The SMILES string of the molecule is O=C(Nc1ccc2c(c1)OCO2)C1CCN(S(=O)(=O)c2ccc(SC(F)(F)F)cc2)CC1. The maximum atomic E-state index is 12.8. The zero-order chi connectivity index (χ0) is 22.9. The van der Waals surface area contributed by atoms with E-state index in [0.717, 1.165) is 12.1 Å². The number of sulfonamides is 1. The third-order valence-electron chi connectivity index (χ3n) is 5.16. The van der Waals surface area contributed by atoms with Gasteiger partial charge in [0, 0.05) is 35.7 Å². The molecule has 0 radical (unpaired) electrons. The summed E-state index contributed by atoms with van der Waals surface area (Å²) < 4.78 is 74.8. The maximum Gasteiger partial charge on any atom is 0.446 e. The molecule has 1 saturated heterocycles. The van der Waals surface area contributed by atoms with Crippen molar-refractivity contribution in [2.45, 2.75) is 28.1 Å². The van der Waals surface area contributed by atoms with Gasteiger partial charge in [0.2, 0.25) is 22.7 Å². The highest BCUT2D eigenvalue weighted by molar-refractivity contribution is 8.00. The highest BCUT2D eigenvalue weighted by Gasteiger charge is 2.33. The molecule has 0 spiro atoms. The Bertz CT molecular complexity index is 1100. The Balaban J connectivity index is 1.34. The van der Waals surface area contributed by atoms with Crippen LogP contribution in [0.15, 0.2) is 52.3 Å². The van der Waals surface area contributed by atoms with Gasteiger partial charge in [-0.2, -0.15) is 17.5 Å². The van der Waals surface area contributed by atoms with Gasteiger partial charge in [-0.3, -0.25) is 4.79 Å². The molecule has 1 amide bonds. The van der Waals surface area contributed by atoms with E-state index in [1.807, 2.05) is 0 Å². The smallest absolute Gasteiger partial charge is 0.446 e. The third kappa shape index (κ3) is 5.13. The minimum absolute atomic E-state index is 0.0766. The van der Waals surface area contributed by atoms with E-state index in [4.69, 9.17) is 9.47 Å². The molecule has 1 fully saturated rings. The molecule has 32 heavy (non-hydrogen) atoms.